The van der Waals surface area contributed by atoms with E-state index in [1.54, 1.807) is 42.1 Å². The minimum absolute atomic E-state index is 0.0364. The van der Waals surface area contributed by atoms with Crippen molar-refractivity contribution in [2.75, 3.05) is 58.3 Å². The van der Waals surface area contributed by atoms with Gasteiger partial charge < -0.3 is 24.6 Å². The van der Waals surface area contributed by atoms with Gasteiger partial charge in [-0.2, -0.15) is 5.10 Å². The fraction of sp³-hybridized carbons (Fsp3) is 0.408. The van der Waals surface area contributed by atoms with Crippen LogP contribution in [0.3, 0.4) is 0 Å². The smallest absolute Gasteiger partial charge is 0.269 e. The second kappa shape index (κ2) is 18.5. The van der Waals surface area contributed by atoms with Crippen molar-refractivity contribution < 1.29 is 41.1 Å². The van der Waals surface area contributed by atoms with Crippen LogP contribution < -0.4 is 10.2 Å². The van der Waals surface area contributed by atoms with E-state index < -0.39 is 52.7 Å². The molecule has 0 radical (unpaired) electrons. The number of piperidine rings is 3. The van der Waals surface area contributed by atoms with Crippen LogP contribution in [-0.2, 0) is 20.9 Å². The summed E-state index contributed by atoms with van der Waals surface area (Å²) in [5, 5.41) is 6.57. The minimum atomic E-state index is -0.920. The highest BCUT2D eigenvalue weighted by Crippen LogP contribution is 2.41. The summed E-state index contributed by atoms with van der Waals surface area (Å²) in [6.07, 6.45) is 8.63. The first-order chi connectivity index (χ1) is 31.7. The van der Waals surface area contributed by atoms with E-state index in [1.807, 2.05) is 11.0 Å². The van der Waals surface area contributed by atoms with Gasteiger partial charge in [-0.05, 0) is 111 Å². The Kier molecular flexibility index (Phi) is 12.6. The van der Waals surface area contributed by atoms with E-state index in [1.165, 1.54) is 29.2 Å². The van der Waals surface area contributed by atoms with Crippen molar-refractivity contribution in [2.24, 2.45) is 0 Å². The molecule has 3 saturated heterocycles. The van der Waals surface area contributed by atoms with Gasteiger partial charge in [-0.3, -0.25) is 29.2 Å². The van der Waals surface area contributed by atoms with Gasteiger partial charge in [0.15, 0.2) is 5.82 Å². The van der Waals surface area contributed by atoms with Gasteiger partial charge in [0.2, 0.25) is 17.7 Å². The summed E-state index contributed by atoms with van der Waals surface area (Å²) in [7, 11) is 3.11. The molecule has 0 spiro atoms. The number of aryl methyl sites for hydroxylation is 1. The number of hydrogen-bond donors (Lipinski definition) is 2. The number of fused-ring (bicyclic) bond motifs is 1. The molecule has 9 rings (SSSR count). The quantitative estimate of drug-likeness (QED) is 0.110. The number of nitrogens with one attached hydrogen (secondary N) is 2. The predicted molar refractivity (Wildman–Crippen MR) is 238 cm³/mol. The number of anilines is 1. The van der Waals surface area contributed by atoms with Gasteiger partial charge in [0.25, 0.3) is 5.91 Å². The Morgan fingerprint density at radius 3 is 2.26 bits per heavy atom. The highest BCUT2D eigenvalue weighted by Gasteiger charge is 2.35. The topological polar surface area (TPSA) is 127 Å². The lowest BCUT2D eigenvalue weighted by atomic mass is 9.84. The molecule has 346 valence electrons. The Morgan fingerprint density at radius 1 is 0.803 bits per heavy atom. The van der Waals surface area contributed by atoms with Gasteiger partial charge in [0.1, 0.15) is 29.0 Å². The third-order valence-corrected chi connectivity index (χ3v) is 13.8. The fourth-order valence-corrected chi connectivity index (χ4v) is 10.2. The zero-order valence-electron chi connectivity index (χ0n) is 36.8. The third kappa shape index (κ3) is 8.84. The molecule has 0 saturated carbocycles. The molecule has 1 unspecified atom stereocenters. The molecule has 1 atom stereocenters. The van der Waals surface area contributed by atoms with Crippen LogP contribution in [-0.4, -0.2) is 112 Å². The number of H-pyrrole nitrogens is 1. The summed E-state index contributed by atoms with van der Waals surface area (Å²) >= 11 is 0. The second-order valence-electron chi connectivity index (χ2n) is 18.0. The lowest BCUT2D eigenvalue weighted by Crippen LogP contribution is -2.47. The summed E-state index contributed by atoms with van der Waals surface area (Å²) in [6.45, 7) is 3.13. The number of carbonyl (C=O) groups excluding carboxylic acids is 4. The van der Waals surface area contributed by atoms with E-state index in [2.05, 4.69) is 20.3 Å². The summed E-state index contributed by atoms with van der Waals surface area (Å²) in [5.41, 5.74) is 1.08. The zero-order valence-corrected chi connectivity index (χ0v) is 36.8. The zero-order chi connectivity index (χ0) is 46.4. The second-order valence-corrected chi connectivity index (χ2v) is 18.0. The molecule has 2 aromatic heterocycles. The lowest BCUT2D eigenvalue weighted by Gasteiger charge is -2.42. The summed E-state index contributed by atoms with van der Waals surface area (Å²) < 4.78 is 82.0. The molecule has 66 heavy (non-hydrogen) atoms. The summed E-state index contributed by atoms with van der Waals surface area (Å²) in [5.74, 6) is -6.02. The number of aromatic amines is 1. The van der Waals surface area contributed by atoms with Gasteiger partial charge >= 0.3 is 0 Å². The van der Waals surface area contributed by atoms with E-state index >= 15 is 22.0 Å². The van der Waals surface area contributed by atoms with E-state index in [4.69, 9.17) is 0 Å². The maximum absolute atomic E-state index is 16.6. The number of carbonyl (C=O) groups is 4. The first kappa shape index (κ1) is 44.8. The number of nitrogens with zero attached hydrogens (tertiary/aromatic N) is 6. The maximum Gasteiger partial charge on any atom is 0.269 e. The van der Waals surface area contributed by atoms with Crippen molar-refractivity contribution in [1.82, 2.24) is 34.8 Å². The number of halogens is 5. The standard InChI is InChI=1S/C49H51F5N8O4/c1-58(2)49(66)42-25-37-34(21-33(46(54)47(37)56-42)29-5-3-14-61(27-29)45(64)12-20-62-15-4-13-55-62)36-24-41(53)43(26-40(36)52)60-18-10-30(11-19-60)59-16-8-28(9-17-59)32-22-39(51)35(23-38(32)50)31-6-7-44(63)57-48(31)65/h4-5,13,15,21-26,28,30-31,56H,3,6-12,14,16-20,27H2,1-2H3,(H,57,63,65). The molecule has 5 aromatic rings. The van der Waals surface area contributed by atoms with Crippen molar-refractivity contribution >= 4 is 45.8 Å². The Labute approximate surface area is 378 Å². The number of imide groups is 1. The largest absolute Gasteiger partial charge is 0.369 e. The maximum atomic E-state index is 16.6. The van der Waals surface area contributed by atoms with Crippen molar-refractivity contribution in [2.45, 2.75) is 75.8 Å². The molecule has 4 amide bonds. The summed E-state index contributed by atoms with van der Waals surface area (Å²) in [4.78, 5) is 60.3. The number of likely N-dealkylation sites (tertiary alicyclic amines) is 1. The predicted octanol–water partition coefficient (Wildman–Crippen LogP) is 7.50. The van der Waals surface area contributed by atoms with Crippen LogP contribution in [0.4, 0.5) is 27.6 Å². The number of aromatic nitrogens is 3. The molecule has 6 heterocycles. The Hall–Kier alpha value is -6.36. The highest BCUT2D eigenvalue weighted by molar-refractivity contribution is 6.05. The van der Waals surface area contributed by atoms with Crippen LogP contribution in [0.1, 0.15) is 90.4 Å². The van der Waals surface area contributed by atoms with Crippen LogP contribution in [0, 0.1) is 29.1 Å². The monoisotopic (exact) mass is 910 g/mol. The van der Waals surface area contributed by atoms with Crippen LogP contribution >= 0.6 is 0 Å². The van der Waals surface area contributed by atoms with E-state index in [9.17, 15) is 19.2 Å². The Balaban J connectivity index is 0.894. The molecule has 4 aliphatic rings. The molecule has 0 bridgehead atoms. The number of rotatable bonds is 10. The molecular weight excluding hydrogens is 860 g/mol. The molecule has 12 nitrogen and oxygen atoms in total. The molecule has 0 aliphatic carbocycles. The molecule has 2 N–H and O–H groups in total. The van der Waals surface area contributed by atoms with Crippen LogP contribution in [0.25, 0.3) is 27.6 Å². The molecule has 17 heteroatoms. The van der Waals surface area contributed by atoms with Gasteiger partial charge in [0, 0.05) is 106 Å². The summed E-state index contributed by atoms with van der Waals surface area (Å²) in [6, 6.07) is 9.45. The van der Waals surface area contributed by atoms with Crippen molar-refractivity contribution in [3.8, 4) is 11.1 Å². The van der Waals surface area contributed by atoms with Gasteiger partial charge in [-0.1, -0.05) is 6.08 Å². The van der Waals surface area contributed by atoms with Crippen LogP contribution in [0.15, 0.2) is 60.9 Å². The average molecular weight is 911 g/mol. The minimum Gasteiger partial charge on any atom is -0.369 e. The van der Waals surface area contributed by atoms with Crippen LogP contribution in [0.5, 0.6) is 0 Å². The van der Waals surface area contributed by atoms with Crippen molar-refractivity contribution in [3.05, 3.63) is 112 Å². The Bertz CT molecular complexity index is 2740. The van der Waals surface area contributed by atoms with Crippen LogP contribution in [0.2, 0.25) is 0 Å². The van der Waals surface area contributed by atoms with Crippen molar-refractivity contribution in [1.29, 1.82) is 0 Å². The highest BCUT2D eigenvalue weighted by atomic mass is 19.1. The Morgan fingerprint density at radius 2 is 1.55 bits per heavy atom. The lowest BCUT2D eigenvalue weighted by molar-refractivity contribution is -0.134. The van der Waals surface area contributed by atoms with E-state index in [0.29, 0.717) is 76.9 Å². The molecule has 3 aromatic carbocycles. The SMILES string of the molecule is CN(C)C(=O)c1cc2c(-c3cc(F)c(N4CCC(N5CCC(c6cc(F)c(C7CCC(=O)NC7=O)cc6F)CC5)CC4)cc3F)cc(C3=CCCN(C(=O)CCn4cccn4)C3)c(F)c2[nH]1. The van der Waals surface area contributed by atoms with Crippen molar-refractivity contribution in [3.63, 3.8) is 0 Å². The van der Waals surface area contributed by atoms with Gasteiger partial charge in [0.05, 0.1) is 17.1 Å². The first-order valence-electron chi connectivity index (χ1n) is 22.6. The third-order valence-electron chi connectivity index (χ3n) is 13.8. The normalized spacial score (nSPS) is 19.1. The number of benzene rings is 3. The average Bonchev–Trinajstić information content (AvgIpc) is 4.02. The molecular formula is C49H51F5N8O4. The fourth-order valence-electron chi connectivity index (χ4n) is 10.2. The van der Waals surface area contributed by atoms with Gasteiger partial charge in [-0.25, -0.2) is 22.0 Å². The van der Waals surface area contributed by atoms with E-state index in [0.717, 1.165) is 12.1 Å². The van der Waals surface area contributed by atoms with E-state index in [-0.39, 0.29) is 93.8 Å². The molecule has 4 aliphatic heterocycles. The first-order valence-corrected chi connectivity index (χ1v) is 22.6. The number of hydrogen-bond acceptors (Lipinski definition) is 7. The number of amides is 4. The van der Waals surface area contributed by atoms with Gasteiger partial charge in [-0.15, -0.1) is 0 Å². The molecule has 3 fully saturated rings.